The van der Waals surface area contributed by atoms with Gasteiger partial charge in [-0.15, -0.1) is 0 Å². The Morgan fingerprint density at radius 3 is 2.79 bits per heavy atom. The Morgan fingerprint density at radius 2 is 2.16 bits per heavy atom. The summed E-state index contributed by atoms with van der Waals surface area (Å²) in [6, 6.07) is 8.34. The SMILES string of the molecule is CC(Nc1nc(C(=O)O)ccc1N)c1ccccn1. The molecule has 2 aromatic heterocycles. The predicted octanol–water partition coefficient (Wildman–Crippen LogP) is 1.93. The lowest BCUT2D eigenvalue weighted by atomic mass is 10.2. The number of nitrogens with zero attached hydrogens (tertiary/aromatic N) is 2. The summed E-state index contributed by atoms with van der Waals surface area (Å²) in [7, 11) is 0. The monoisotopic (exact) mass is 258 g/mol. The van der Waals surface area contributed by atoms with Gasteiger partial charge in [-0.05, 0) is 31.2 Å². The molecule has 19 heavy (non-hydrogen) atoms. The number of anilines is 2. The molecule has 0 bridgehead atoms. The molecule has 2 heterocycles. The summed E-state index contributed by atoms with van der Waals surface area (Å²) in [5.41, 5.74) is 6.95. The van der Waals surface area contributed by atoms with E-state index in [-0.39, 0.29) is 11.7 Å². The van der Waals surface area contributed by atoms with Crippen LogP contribution in [-0.4, -0.2) is 21.0 Å². The second-order valence-corrected chi connectivity index (χ2v) is 4.06. The second kappa shape index (κ2) is 5.34. The van der Waals surface area contributed by atoms with Crippen molar-refractivity contribution < 1.29 is 9.90 Å². The first kappa shape index (κ1) is 12.8. The van der Waals surface area contributed by atoms with E-state index in [2.05, 4.69) is 15.3 Å². The molecule has 0 spiro atoms. The van der Waals surface area contributed by atoms with Gasteiger partial charge in [0.15, 0.2) is 11.5 Å². The quantitative estimate of drug-likeness (QED) is 0.774. The molecule has 4 N–H and O–H groups in total. The van der Waals surface area contributed by atoms with Crippen molar-refractivity contribution in [3.63, 3.8) is 0 Å². The van der Waals surface area contributed by atoms with Crippen LogP contribution in [0.5, 0.6) is 0 Å². The van der Waals surface area contributed by atoms with Crippen LogP contribution in [0.25, 0.3) is 0 Å². The third kappa shape index (κ3) is 2.98. The predicted molar refractivity (Wildman–Crippen MR) is 71.9 cm³/mol. The van der Waals surface area contributed by atoms with E-state index in [9.17, 15) is 4.79 Å². The zero-order valence-corrected chi connectivity index (χ0v) is 10.4. The molecule has 0 aliphatic heterocycles. The number of pyridine rings is 2. The highest BCUT2D eigenvalue weighted by molar-refractivity contribution is 5.86. The summed E-state index contributed by atoms with van der Waals surface area (Å²) in [5, 5.41) is 12.0. The van der Waals surface area contributed by atoms with Crippen molar-refractivity contribution in [3.8, 4) is 0 Å². The lowest BCUT2D eigenvalue weighted by Gasteiger charge is -2.15. The van der Waals surface area contributed by atoms with Crippen LogP contribution in [0.15, 0.2) is 36.5 Å². The van der Waals surface area contributed by atoms with Gasteiger partial charge in [0.25, 0.3) is 0 Å². The third-order valence-electron chi connectivity index (χ3n) is 2.63. The number of nitrogens with one attached hydrogen (secondary N) is 1. The van der Waals surface area contributed by atoms with Crippen molar-refractivity contribution in [1.29, 1.82) is 0 Å². The Balaban J connectivity index is 2.23. The third-order valence-corrected chi connectivity index (χ3v) is 2.63. The van der Waals surface area contributed by atoms with Gasteiger partial charge in [-0.3, -0.25) is 4.98 Å². The summed E-state index contributed by atoms with van der Waals surface area (Å²) < 4.78 is 0. The van der Waals surface area contributed by atoms with Gasteiger partial charge in [-0.1, -0.05) is 6.07 Å². The van der Waals surface area contributed by atoms with Crippen LogP contribution in [0.1, 0.15) is 29.1 Å². The van der Waals surface area contributed by atoms with Crippen LogP contribution < -0.4 is 11.1 Å². The van der Waals surface area contributed by atoms with E-state index < -0.39 is 5.97 Å². The average molecular weight is 258 g/mol. The Labute approximate surface area is 110 Å². The Morgan fingerprint density at radius 1 is 1.37 bits per heavy atom. The molecule has 0 saturated carbocycles. The van der Waals surface area contributed by atoms with Crippen molar-refractivity contribution in [2.75, 3.05) is 11.1 Å². The van der Waals surface area contributed by atoms with Crippen LogP contribution in [0, 0.1) is 0 Å². The van der Waals surface area contributed by atoms with E-state index in [1.54, 1.807) is 6.20 Å². The molecule has 1 unspecified atom stereocenters. The van der Waals surface area contributed by atoms with Crippen molar-refractivity contribution in [2.45, 2.75) is 13.0 Å². The Kier molecular flexibility index (Phi) is 3.61. The Hall–Kier alpha value is -2.63. The van der Waals surface area contributed by atoms with E-state index in [0.717, 1.165) is 5.69 Å². The lowest BCUT2D eigenvalue weighted by Crippen LogP contribution is -2.13. The number of hydrogen-bond donors (Lipinski definition) is 3. The zero-order valence-electron chi connectivity index (χ0n) is 10.4. The normalized spacial score (nSPS) is 11.8. The molecule has 0 aliphatic carbocycles. The number of nitrogen functional groups attached to an aromatic ring is 1. The van der Waals surface area contributed by atoms with Crippen LogP contribution in [0.4, 0.5) is 11.5 Å². The fraction of sp³-hybridized carbons (Fsp3) is 0.154. The summed E-state index contributed by atoms with van der Waals surface area (Å²) in [6.07, 6.45) is 1.69. The highest BCUT2D eigenvalue weighted by atomic mass is 16.4. The lowest BCUT2D eigenvalue weighted by molar-refractivity contribution is 0.0690. The first-order valence-electron chi connectivity index (χ1n) is 5.75. The van der Waals surface area contributed by atoms with Crippen LogP contribution in [-0.2, 0) is 0 Å². The molecule has 98 valence electrons. The minimum atomic E-state index is -1.09. The van der Waals surface area contributed by atoms with Crippen LogP contribution in [0.2, 0.25) is 0 Å². The Bertz CT molecular complexity index is 586. The zero-order chi connectivity index (χ0) is 13.8. The van der Waals surface area contributed by atoms with E-state index in [4.69, 9.17) is 10.8 Å². The first-order valence-corrected chi connectivity index (χ1v) is 5.75. The molecule has 0 amide bonds. The molecule has 0 radical (unpaired) electrons. The van der Waals surface area contributed by atoms with E-state index >= 15 is 0 Å². The number of carboxylic acids is 1. The minimum absolute atomic E-state index is 0.0510. The molecule has 6 heteroatoms. The van der Waals surface area contributed by atoms with Crippen LogP contribution in [0.3, 0.4) is 0 Å². The smallest absolute Gasteiger partial charge is 0.354 e. The molecular formula is C13H14N4O2. The van der Waals surface area contributed by atoms with Crippen molar-refractivity contribution in [2.24, 2.45) is 0 Å². The fourth-order valence-electron chi connectivity index (χ4n) is 1.62. The van der Waals surface area contributed by atoms with Gasteiger partial charge in [-0.2, -0.15) is 0 Å². The second-order valence-electron chi connectivity index (χ2n) is 4.06. The fourth-order valence-corrected chi connectivity index (χ4v) is 1.62. The van der Waals surface area contributed by atoms with E-state index in [1.165, 1.54) is 12.1 Å². The maximum absolute atomic E-state index is 10.9. The van der Waals surface area contributed by atoms with Gasteiger partial charge in [-0.25, -0.2) is 9.78 Å². The van der Waals surface area contributed by atoms with Gasteiger partial charge >= 0.3 is 5.97 Å². The number of hydrogen-bond acceptors (Lipinski definition) is 5. The maximum Gasteiger partial charge on any atom is 0.354 e. The topological polar surface area (TPSA) is 101 Å². The van der Waals surface area contributed by atoms with Crippen molar-refractivity contribution in [1.82, 2.24) is 9.97 Å². The molecular weight excluding hydrogens is 244 g/mol. The maximum atomic E-state index is 10.9. The number of rotatable bonds is 4. The molecule has 0 aliphatic rings. The molecule has 1 atom stereocenters. The highest BCUT2D eigenvalue weighted by Crippen LogP contribution is 2.21. The molecule has 0 aromatic carbocycles. The van der Waals surface area contributed by atoms with Gasteiger partial charge in [0.2, 0.25) is 0 Å². The number of nitrogens with two attached hydrogens (primary N) is 1. The number of aromatic carboxylic acids is 1. The molecule has 0 fully saturated rings. The van der Waals surface area contributed by atoms with E-state index in [0.29, 0.717) is 11.5 Å². The molecule has 0 saturated heterocycles. The first-order chi connectivity index (χ1) is 9.08. The highest BCUT2D eigenvalue weighted by Gasteiger charge is 2.12. The van der Waals surface area contributed by atoms with Gasteiger partial charge < -0.3 is 16.2 Å². The average Bonchev–Trinajstić information content (AvgIpc) is 2.42. The number of carbonyl (C=O) groups is 1. The summed E-state index contributed by atoms with van der Waals surface area (Å²) >= 11 is 0. The van der Waals surface area contributed by atoms with Crippen molar-refractivity contribution in [3.05, 3.63) is 47.9 Å². The minimum Gasteiger partial charge on any atom is -0.477 e. The largest absolute Gasteiger partial charge is 0.477 e. The summed E-state index contributed by atoms with van der Waals surface area (Å²) in [5.74, 6) is -0.744. The van der Waals surface area contributed by atoms with Gasteiger partial charge in [0.1, 0.15) is 0 Å². The molecule has 2 rings (SSSR count). The number of aromatic nitrogens is 2. The van der Waals surface area contributed by atoms with Gasteiger partial charge in [0, 0.05) is 6.20 Å². The van der Waals surface area contributed by atoms with E-state index in [1.807, 2.05) is 25.1 Å². The standard InChI is InChI=1S/C13H14N4O2/c1-8(10-4-2-3-7-15-10)16-12-9(14)5-6-11(17-12)13(18)19/h2-8H,14H2,1H3,(H,16,17)(H,18,19). The van der Waals surface area contributed by atoms with Crippen molar-refractivity contribution >= 4 is 17.5 Å². The van der Waals surface area contributed by atoms with Crippen LogP contribution >= 0.6 is 0 Å². The van der Waals surface area contributed by atoms with Gasteiger partial charge in [0.05, 0.1) is 17.4 Å². The molecule has 2 aromatic rings. The summed E-state index contributed by atoms with van der Waals surface area (Å²) in [6.45, 7) is 1.90. The molecule has 6 nitrogen and oxygen atoms in total. The summed E-state index contributed by atoms with van der Waals surface area (Å²) in [4.78, 5) is 19.1. The number of carboxylic acid groups (broad SMARTS) is 1.